The van der Waals surface area contributed by atoms with E-state index in [4.69, 9.17) is 23.7 Å². The van der Waals surface area contributed by atoms with Crippen molar-refractivity contribution in [3.63, 3.8) is 0 Å². The number of hydrogen-bond acceptors (Lipinski definition) is 7. The second-order valence-corrected chi connectivity index (χ2v) is 6.75. The molecule has 0 aliphatic carbocycles. The van der Waals surface area contributed by atoms with E-state index in [0.717, 1.165) is 5.56 Å². The van der Waals surface area contributed by atoms with E-state index in [1.807, 2.05) is 18.2 Å². The summed E-state index contributed by atoms with van der Waals surface area (Å²) in [6.45, 7) is 0.258. The largest absolute Gasteiger partial charge is 0.493 e. The number of methoxy groups -OCH3 is 2. The van der Waals surface area contributed by atoms with Crippen LogP contribution in [0.3, 0.4) is 0 Å². The first-order valence-electron chi connectivity index (χ1n) is 9.04. The molecule has 0 spiro atoms. The average Bonchev–Trinajstić information content (AvgIpc) is 3.38. The van der Waals surface area contributed by atoms with Crippen molar-refractivity contribution in [3.8, 4) is 23.0 Å². The molecule has 7 nitrogen and oxygen atoms in total. The van der Waals surface area contributed by atoms with Gasteiger partial charge in [-0.1, -0.05) is 6.07 Å². The minimum atomic E-state index is -0.460. The molecule has 4 rings (SSSR count). The topological polar surface area (TPSA) is 83.5 Å². The maximum absolute atomic E-state index is 13.1. The number of hydrogen-bond donors (Lipinski definition) is 1. The van der Waals surface area contributed by atoms with Crippen LogP contribution >= 0.6 is 0 Å². The minimum Gasteiger partial charge on any atom is -0.493 e. The molecule has 148 valence electrons. The number of Topliss-reactive ketones (excluding diaryl/α,β-unsaturated/α-hetero) is 1. The Morgan fingerprint density at radius 3 is 2.61 bits per heavy atom. The smallest absolute Gasteiger partial charge is 0.231 e. The highest BCUT2D eigenvalue weighted by Crippen LogP contribution is 2.43. The molecule has 2 aliphatic heterocycles. The summed E-state index contributed by atoms with van der Waals surface area (Å²) in [7, 11) is 3.07. The number of rotatable bonds is 6. The van der Waals surface area contributed by atoms with E-state index in [-0.39, 0.29) is 31.7 Å². The Kier molecular flexibility index (Phi) is 5.11. The van der Waals surface area contributed by atoms with Crippen molar-refractivity contribution in [1.82, 2.24) is 0 Å². The molecule has 2 aromatic carbocycles. The molecule has 3 unspecified atom stereocenters. The molecule has 2 heterocycles. The molecule has 1 N–H and O–H groups in total. The summed E-state index contributed by atoms with van der Waals surface area (Å²) >= 11 is 0. The molecule has 3 atom stereocenters. The Morgan fingerprint density at radius 1 is 1.07 bits per heavy atom. The van der Waals surface area contributed by atoms with Crippen LogP contribution in [0.2, 0.25) is 0 Å². The van der Waals surface area contributed by atoms with Gasteiger partial charge >= 0.3 is 0 Å². The lowest BCUT2D eigenvalue weighted by Crippen LogP contribution is -2.26. The van der Waals surface area contributed by atoms with Crippen molar-refractivity contribution in [3.05, 3.63) is 47.5 Å². The molecule has 1 saturated heterocycles. The zero-order chi connectivity index (χ0) is 19.7. The van der Waals surface area contributed by atoms with Crippen LogP contribution < -0.4 is 18.9 Å². The second kappa shape index (κ2) is 7.69. The van der Waals surface area contributed by atoms with Crippen LogP contribution in [0.25, 0.3) is 0 Å². The summed E-state index contributed by atoms with van der Waals surface area (Å²) in [4.78, 5) is 13.1. The van der Waals surface area contributed by atoms with E-state index >= 15 is 0 Å². The van der Waals surface area contributed by atoms with Gasteiger partial charge in [0, 0.05) is 18.1 Å². The van der Waals surface area contributed by atoms with Gasteiger partial charge in [0.05, 0.1) is 32.8 Å². The lowest BCUT2D eigenvalue weighted by molar-refractivity contribution is 0.0713. The Bertz CT molecular complexity index is 879. The molecule has 0 saturated carbocycles. The van der Waals surface area contributed by atoms with Gasteiger partial charge in [-0.05, 0) is 35.9 Å². The summed E-state index contributed by atoms with van der Waals surface area (Å²) < 4.78 is 27.2. The molecule has 7 heteroatoms. The van der Waals surface area contributed by atoms with Gasteiger partial charge in [0.2, 0.25) is 6.79 Å². The molecule has 0 bridgehead atoms. The van der Waals surface area contributed by atoms with E-state index in [2.05, 4.69) is 0 Å². The second-order valence-electron chi connectivity index (χ2n) is 6.75. The van der Waals surface area contributed by atoms with Crippen molar-refractivity contribution < 1.29 is 33.6 Å². The summed E-state index contributed by atoms with van der Waals surface area (Å²) in [5.41, 5.74) is 1.35. The van der Waals surface area contributed by atoms with Gasteiger partial charge < -0.3 is 28.8 Å². The van der Waals surface area contributed by atoms with E-state index in [0.29, 0.717) is 28.6 Å². The van der Waals surface area contributed by atoms with Gasteiger partial charge in [-0.25, -0.2) is 0 Å². The third-order valence-electron chi connectivity index (χ3n) is 5.30. The van der Waals surface area contributed by atoms with Crippen LogP contribution in [0.4, 0.5) is 0 Å². The first-order chi connectivity index (χ1) is 13.7. The summed E-state index contributed by atoms with van der Waals surface area (Å²) in [5.74, 6) is 1.45. The fraction of sp³-hybridized carbons (Fsp3) is 0.381. The first kappa shape index (κ1) is 18.6. The predicted octanol–water partition coefficient (Wildman–Crippen LogP) is 2.61. The van der Waals surface area contributed by atoms with Crippen molar-refractivity contribution in [2.75, 3.05) is 34.2 Å². The van der Waals surface area contributed by atoms with E-state index in [1.165, 1.54) is 7.11 Å². The minimum absolute atomic E-state index is 0.0942. The molecule has 2 aliphatic rings. The van der Waals surface area contributed by atoms with Crippen LogP contribution in [0, 0.1) is 11.8 Å². The summed E-state index contributed by atoms with van der Waals surface area (Å²) in [6.07, 6.45) is -0.395. The molecular weight excluding hydrogens is 364 g/mol. The molecular formula is C21H22O7. The number of benzene rings is 2. The Labute approximate surface area is 162 Å². The van der Waals surface area contributed by atoms with Gasteiger partial charge in [-0.2, -0.15) is 0 Å². The first-order valence-corrected chi connectivity index (χ1v) is 9.04. The standard InChI is InChI=1S/C21H22O7/c1-24-16-5-3-12(7-18(16)25-2)20(23)15-10-26-21(14(15)9-22)13-4-6-17-19(8-13)28-11-27-17/h3-8,14-15,21-22H,9-11H2,1-2H3. The number of ether oxygens (including phenoxy) is 5. The SMILES string of the molecule is COc1ccc(C(=O)C2COC(c3ccc4c(c3)OCO4)C2CO)cc1OC. The number of aliphatic hydroxyl groups excluding tert-OH is 1. The Balaban J connectivity index is 1.58. The zero-order valence-electron chi connectivity index (χ0n) is 15.7. The summed E-state index contributed by atoms with van der Waals surface area (Å²) in [6, 6.07) is 10.6. The van der Waals surface area contributed by atoms with Gasteiger partial charge in [-0.3, -0.25) is 4.79 Å². The van der Waals surface area contributed by atoms with Gasteiger partial charge in [0.15, 0.2) is 28.8 Å². The lowest BCUT2D eigenvalue weighted by Gasteiger charge is -2.21. The van der Waals surface area contributed by atoms with Crippen molar-refractivity contribution in [2.24, 2.45) is 11.8 Å². The van der Waals surface area contributed by atoms with Crippen LogP contribution in [0.5, 0.6) is 23.0 Å². The van der Waals surface area contributed by atoms with E-state index in [1.54, 1.807) is 25.3 Å². The highest BCUT2D eigenvalue weighted by Gasteiger charge is 2.42. The fourth-order valence-electron chi connectivity index (χ4n) is 3.80. The predicted molar refractivity (Wildman–Crippen MR) is 99.2 cm³/mol. The molecule has 2 aromatic rings. The van der Waals surface area contributed by atoms with E-state index < -0.39 is 12.0 Å². The molecule has 0 amide bonds. The van der Waals surface area contributed by atoms with Gasteiger partial charge in [0.25, 0.3) is 0 Å². The Hall–Kier alpha value is -2.77. The number of carbonyl (C=O) groups excluding carboxylic acids is 1. The van der Waals surface area contributed by atoms with Crippen molar-refractivity contribution in [2.45, 2.75) is 6.10 Å². The maximum atomic E-state index is 13.1. The molecule has 1 fully saturated rings. The number of aliphatic hydroxyl groups is 1. The van der Waals surface area contributed by atoms with Crippen LogP contribution in [0.1, 0.15) is 22.0 Å². The number of carbonyl (C=O) groups is 1. The summed E-state index contributed by atoms with van der Waals surface area (Å²) in [5, 5.41) is 10.0. The van der Waals surface area contributed by atoms with E-state index in [9.17, 15) is 9.90 Å². The van der Waals surface area contributed by atoms with Crippen molar-refractivity contribution >= 4 is 5.78 Å². The molecule has 0 aromatic heterocycles. The normalized spacial score (nSPS) is 22.9. The number of ketones is 1. The maximum Gasteiger partial charge on any atom is 0.231 e. The number of fused-ring (bicyclic) bond motifs is 1. The average molecular weight is 386 g/mol. The van der Waals surface area contributed by atoms with Gasteiger partial charge in [0.1, 0.15) is 0 Å². The fourth-order valence-corrected chi connectivity index (χ4v) is 3.80. The van der Waals surface area contributed by atoms with Crippen LogP contribution in [-0.2, 0) is 4.74 Å². The van der Waals surface area contributed by atoms with Crippen LogP contribution in [-0.4, -0.2) is 45.1 Å². The lowest BCUT2D eigenvalue weighted by atomic mass is 9.83. The highest BCUT2D eigenvalue weighted by molar-refractivity contribution is 5.99. The highest BCUT2D eigenvalue weighted by atomic mass is 16.7. The molecule has 28 heavy (non-hydrogen) atoms. The third-order valence-corrected chi connectivity index (χ3v) is 5.30. The van der Waals surface area contributed by atoms with Gasteiger partial charge in [-0.15, -0.1) is 0 Å². The Morgan fingerprint density at radius 2 is 1.86 bits per heavy atom. The third kappa shape index (κ3) is 3.16. The van der Waals surface area contributed by atoms with Crippen LogP contribution in [0.15, 0.2) is 36.4 Å². The quantitative estimate of drug-likeness (QED) is 0.764. The zero-order valence-corrected chi connectivity index (χ0v) is 15.7. The molecule has 0 radical (unpaired) electrons. The van der Waals surface area contributed by atoms with Crippen molar-refractivity contribution in [1.29, 1.82) is 0 Å². The monoisotopic (exact) mass is 386 g/mol.